The van der Waals surface area contributed by atoms with Crippen molar-refractivity contribution in [3.63, 3.8) is 0 Å². The molecule has 0 rings (SSSR count). The Morgan fingerprint density at radius 2 is 1.30 bits per heavy atom. The maximum Gasteiger partial charge on any atom is 0.485 e. The number of unbranched alkanes of at least 4 members (excludes halogenated alkanes) is 1. The number of hydrogen-bond donors (Lipinski definition) is 1. The highest BCUT2D eigenvalue weighted by Crippen LogP contribution is 2.20. The summed E-state index contributed by atoms with van der Waals surface area (Å²) in [7, 11) is -9.86. The monoisotopic (exact) mass is 387 g/mol. The molecule has 0 saturated carbocycles. The summed E-state index contributed by atoms with van der Waals surface area (Å²) >= 11 is 0. The van der Waals surface area contributed by atoms with Crippen LogP contribution >= 0.6 is 0 Å². The first-order valence-electron chi connectivity index (χ1n) is 6.96. The van der Waals surface area contributed by atoms with Crippen molar-refractivity contribution in [1.82, 2.24) is 0 Å². The molecule has 0 heterocycles. The predicted molar refractivity (Wildman–Crippen MR) is 78.2 cm³/mol. The van der Waals surface area contributed by atoms with Crippen molar-refractivity contribution >= 4 is 20.2 Å². The van der Waals surface area contributed by atoms with E-state index in [1.807, 2.05) is 0 Å². The number of halogens is 3. The van der Waals surface area contributed by atoms with Gasteiger partial charge >= 0.3 is 5.51 Å². The van der Waals surface area contributed by atoms with Crippen molar-refractivity contribution < 1.29 is 43.6 Å². The van der Waals surface area contributed by atoms with Crippen LogP contribution in [0.4, 0.5) is 13.2 Å². The summed E-state index contributed by atoms with van der Waals surface area (Å²) in [6, 6.07) is 0. The van der Waals surface area contributed by atoms with Gasteiger partial charge in [-0.15, -0.1) is 0 Å². The van der Waals surface area contributed by atoms with Gasteiger partial charge in [-0.3, -0.25) is 4.55 Å². The lowest BCUT2D eigenvalue weighted by Gasteiger charge is -2.35. The SMILES string of the molecule is CC[N+](CC)(CC)CCCCS(=O)(=O)O.O=S(=O)([O-])C(F)(F)F. The van der Waals surface area contributed by atoms with Gasteiger partial charge in [0.2, 0.25) is 0 Å². The first kappa shape index (κ1) is 24.8. The number of hydrogen-bond acceptors (Lipinski definition) is 5. The maximum atomic E-state index is 10.7. The highest BCUT2D eigenvalue weighted by molar-refractivity contribution is 7.86. The number of rotatable bonds is 8. The molecule has 0 spiro atoms. The van der Waals surface area contributed by atoms with Crippen molar-refractivity contribution in [2.45, 2.75) is 39.1 Å². The number of nitrogens with zero attached hydrogens (tertiary/aromatic N) is 1. The lowest BCUT2D eigenvalue weighted by atomic mass is 10.2. The van der Waals surface area contributed by atoms with Crippen molar-refractivity contribution in [2.75, 3.05) is 31.9 Å². The molecule has 23 heavy (non-hydrogen) atoms. The second-order valence-electron chi connectivity index (χ2n) is 4.91. The Bertz CT molecular complexity index is 518. The van der Waals surface area contributed by atoms with E-state index in [-0.39, 0.29) is 5.75 Å². The molecule has 0 aliphatic carbocycles. The van der Waals surface area contributed by atoms with Gasteiger partial charge < -0.3 is 9.04 Å². The van der Waals surface area contributed by atoms with Crippen molar-refractivity contribution in [3.05, 3.63) is 0 Å². The third kappa shape index (κ3) is 11.7. The van der Waals surface area contributed by atoms with E-state index in [2.05, 4.69) is 20.8 Å². The van der Waals surface area contributed by atoms with Gasteiger partial charge in [0.25, 0.3) is 10.1 Å². The molecular formula is C11H24F3NO6S2. The van der Waals surface area contributed by atoms with Crippen molar-refractivity contribution in [1.29, 1.82) is 0 Å². The molecule has 0 radical (unpaired) electrons. The molecule has 0 aromatic rings. The van der Waals surface area contributed by atoms with Gasteiger partial charge in [-0.25, -0.2) is 8.42 Å². The molecule has 0 amide bonds. The second kappa shape index (κ2) is 9.77. The molecule has 1 N–H and O–H groups in total. The van der Waals surface area contributed by atoms with Crippen LogP contribution in [0.2, 0.25) is 0 Å². The molecule has 0 atom stereocenters. The Kier molecular flexibility index (Phi) is 10.5. The Balaban J connectivity index is 0. The summed E-state index contributed by atoms with van der Waals surface area (Å²) < 4.78 is 89.6. The highest BCUT2D eigenvalue weighted by Gasteiger charge is 2.36. The van der Waals surface area contributed by atoms with Crippen LogP contribution in [0.25, 0.3) is 0 Å². The van der Waals surface area contributed by atoms with E-state index in [1.54, 1.807) is 0 Å². The highest BCUT2D eigenvalue weighted by atomic mass is 32.2. The summed E-state index contributed by atoms with van der Waals surface area (Å²) in [5.74, 6) is -0.107. The van der Waals surface area contributed by atoms with E-state index in [0.29, 0.717) is 6.42 Å². The van der Waals surface area contributed by atoms with E-state index < -0.39 is 25.7 Å². The van der Waals surface area contributed by atoms with E-state index in [4.69, 9.17) is 17.5 Å². The average Bonchev–Trinajstić information content (AvgIpc) is 2.37. The molecule has 0 aromatic carbocycles. The normalized spacial score (nSPS) is 13.4. The van der Waals surface area contributed by atoms with Crippen molar-refractivity contribution in [3.8, 4) is 0 Å². The second-order valence-corrected chi connectivity index (χ2v) is 7.85. The molecule has 0 fully saturated rings. The Morgan fingerprint density at radius 1 is 0.957 bits per heavy atom. The Morgan fingerprint density at radius 3 is 1.52 bits per heavy atom. The fourth-order valence-corrected chi connectivity index (χ4v) is 2.45. The van der Waals surface area contributed by atoms with Gasteiger partial charge in [0.05, 0.1) is 31.9 Å². The quantitative estimate of drug-likeness (QED) is 0.293. The standard InChI is InChI=1S/C10H23NO3S.CHF3O3S/c1-4-11(5-2,6-3)9-7-8-10-15(12,13)14;2-1(3,4)8(5,6)7/h4-10H2,1-3H3;(H,5,6,7). The zero-order chi connectivity index (χ0) is 18.9. The van der Waals surface area contributed by atoms with Crippen LogP contribution < -0.4 is 0 Å². The molecule has 0 aliphatic rings. The largest absolute Gasteiger partial charge is 0.741 e. The summed E-state index contributed by atoms with van der Waals surface area (Å²) in [6.07, 6.45) is 1.41. The van der Waals surface area contributed by atoms with E-state index in [1.165, 1.54) is 0 Å². The van der Waals surface area contributed by atoms with Gasteiger partial charge in [0.1, 0.15) is 0 Å². The summed E-state index contributed by atoms with van der Waals surface area (Å²) in [6.45, 7) is 10.7. The lowest BCUT2D eigenvalue weighted by Crippen LogP contribution is -2.48. The van der Waals surface area contributed by atoms with Gasteiger partial charge in [-0.2, -0.15) is 21.6 Å². The first-order chi connectivity index (χ1) is 10.1. The van der Waals surface area contributed by atoms with E-state index >= 15 is 0 Å². The Hall–Kier alpha value is -0.430. The summed E-state index contributed by atoms with van der Waals surface area (Å²) in [4.78, 5) is 0. The smallest absolute Gasteiger partial charge is 0.485 e. The molecule has 12 heteroatoms. The molecule has 7 nitrogen and oxygen atoms in total. The van der Waals surface area contributed by atoms with Gasteiger partial charge in [0, 0.05) is 0 Å². The summed E-state index contributed by atoms with van der Waals surface area (Å²) in [5, 5.41) is 0. The zero-order valence-corrected chi connectivity index (χ0v) is 15.0. The average molecular weight is 387 g/mol. The van der Waals surface area contributed by atoms with Crippen LogP contribution in [0.1, 0.15) is 33.6 Å². The fraction of sp³-hybridized carbons (Fsp3) is 1.00. The van der Waals surface area contributed by atoms with Gasteiger partial charge in [0.15, 0.2) is 10.1 Å². The van der Waals surface area contributed by atoms with E-state index in [0.717, 1.165) is 37.1 Å². The molecule has 0 bridgehead atoms. The molecular weight excluding hydrogens is 363 g/mol. The zero-order valence-electron chi connectivity index (χ0n) is 13.3. The minimum Gasteiger partial charge on any atom is -0.741 e. The number of quaternary nitrogens is 1. The van der Waals surface area contributed by atoms with Crippen LogP contribution in [0.3, 0.4) is 0 Å². The van der Waals surface area contributed by atoms with Crippen LogP contribution in [-0.4, -0.2) is 67.9 Å². The van der Waals surface area contributed by atoms with Crippen LogP contribution in [0.15, 0.2) is 0 Å². The molecule has 0 saturated heterocycles. The van der Waals surface area contributed by atoms with Crippen LogP contribution in [-0.2, 0) is 20.2 Å². The molecule has 0 unspecified atom stereocenters. The van der Waals surface area contributed by atoms with Gasteiger partial charge in [-0.1, -0.05) is 0 Å². The van der Waals surface area contributed by atoms with E-state index in [9.17, 15) is 21.6 Å². The van der Waals surface area contributed by atoms with Crippen LogP contribution in [0, 0.1) is 0 Å². The first-order valence-corrected chi connectivity index (χ1v) is 9.98. The fourth-order valence-electron chi connectivity index (χ4n) is 1.88. The molecule has 142 valence electrons. The third-order valence-corrected chi connectivity index (χ3v) is 4.95. The van der Waals surface area contributed by atoms with Crippen molar-refractivity contribution in [2.24, 2.45) is 0 Å². The van der Waals surface area contributed by atoms with Gasteiger partial charge in [-0.05, 0) is 33.6 Å². The number of alkyl halides is 3. The minimum absolute atomic E-state index is 0.107. The summed E-state index contributed by atoms with van der Waals surface area (Å²) in [5.41, 5.74) is -5.65. The maximum absolute atomic E-state index is 10.7. The lowest BCUT2D eigenvalue weighted by molar-refractivity contribution is -0.923. The van der Waals surface area contributed by atoms with Crippen LogP contribution in [0.5, 0.6) is 0 Å². The Labute approximate surface area is 135 Å². The molecule has 0 aliphatic heterocycles. The molecule has 0 aromatic heterocycles. The third-order valence-electron chi connectivity index (χ3n) is 3.58. The predicted octanol–water partition coefficient (Wildman–Crippen LogP) is 1.58. The minimum atomic E-state index is -6.09. The topological polar surface area (TPSA) is 112 Å².